The molecule has 1 fully saturated rings. The van der Waals surface area contributed by atoms with E-state index in [0.29, 0.717) is 37.4 Å². The monoisotopic (exact) mass is 466 g/mol. The van der Waals surface area contributed by atoms with Gasteiger partial charge in [0, 0.05) is 49.1 Å². The van der Waals surface area contributed by atoms with Crippen LogP contribution in [0.5, 0.6) is 5.75 Å². The highest BCUT2D eigenvalue weighted by Crippen LogP contribution is 2.24. The molecule has 0 atom stereocenters. The van der Waals surface area contributed by atoms with E-state index in [1.807, 2.05) is 4.90 Å². The molecule has 1 aliphatic rings. The maximum absolute atomic E-state index is 12.8. The van der Waals surface area contributed by atoms with Crippen molar-refractivity contribution in [1.82, 2.24) is 9.80 Å². The van der Waals surface area contributed by atoms with Gasteiger partial charge in [0.05, 0.1) is 11.5 Å². The minimum Gasteiger partial charge on any atom is -0.406 e. The summed E-state index contributed by atoms with van der Waals surface area (Å²) in [5, 5.41) is 13.7. The number of piperazine rings is 1. The molecular formula is C21H21F3N4O5. The van der Waals surface area contributed by atoms with E-state index < -0.39 is 11.3 Å². The fourth-order valence-electron chi connectivity index (χ4n) is 3.48. The van der Waals surface area contributed by atoms with Crippen LogP contribution in [0, 0.1) is 17.0 Å². The molecule has 0 radical (unpaired) electrons. The van der Waals surface area contributed by atoms with Gasteiger partial charge in [-0.2, -0.15) is 0 Å². The molecule has 9 nitrogen and oxygen atoms in total. The van der Waals surface area contributed by atoms with Gasteiger partial charge in [0.2, 0.25) is 5.91 Å². The number of alkyl halides is 3. The van der Waals surface area contributed by atoms with E-state index >= 15 is 0 Å². The van der Waals surface area contributed by atoms with E-state index in [0.717, 1.165) is 12.1 Å². The van der Waals surface area contributed by atoms with Gasteiger partial charge < -0.3 is 15.0 Å². The summed E-state index contributed by atoms with van der Waals surface area (Å²) in [5.74, 6) is -1.05. The normalized spacial score (nSPS) is 14.6. The zero-order valence-corrected chi connectivity index (χ0v) is 17.6. The first-order valence-electron chi connectivity index (χ1n) is 9.95. The molecule has 12 heteroatoms. The average Bonchev–Trinajstić information content (AvgIpc) is 2.74. The molecule has 2 aromatic carbocycles. The Kier molecular flexibility index (Phi) is 7.16. The van der Waals surface area contributed by atoms with Crippen LogP contribution in [0.1, 0.15) is 15.9 Å². The minimum atomic E-state index is -4.79. The Bertz CT molecular complexity index is 1040. The second-order valence-electron chi connectivity index (χ2n) is 7.40. The molecule has 2 aromatic rings. The van der Waals surface area contributed by atoms with E-state index in [9.17, 15) is 32.9 Å². The summed E-state index contributed by atoms with van der Waals surface area (Å²) in [6, 6.07) is 9.18. The molecule has 33 heavy (non-hydrogen) atoms. The Morgan fingerprint density at radius 1 is 1.09 bits per heavy atom. The molecule has 1 saturated heterocycles. The molecule has 3 rings (SSSR count). The zero-order valence-electron chi connectivity index (χ0n) is 17.6. The number of hydrogen-bond acceptors (Lipinski definition) is 6. The van der Waals surface area contributed by atoms with Crippen molar-refractivity contribution in [2.75, 3.05) is 38.0 Å². The second-order valence-corrected chi connectivity index (χ2v) is 7.40. The maximum Gasteiger partial charge on any atom is 0.573 e. The summed E-state index contributed by atoms with van der Waals surface area (Å²) >= 11 is 0. The molecule has 0 bridgehead atoms. The number of rotatable bonds is 6. The van der Waals surface area contributed by atoms with Gasteiger partial charge in [0.1, 0.15) is 5.75 Å². The summed E-state index contributed by atoms with van der Waals surface area (Å²) in [7, 11) is 0. The fraction of sp³-hybridized carbons (Fsp3) is 0.333. The summed E-state index contributed by atoms with van der Waals surface area (Å²) in [4.78, 5) is 39.1. The molecule has 1 aliphatic heterocycles. The molecule has 0 aromatic heterocycles. The maximum atomic E-state index is 12.8. The highest BCUT2D eigenvalue weighted by atomic mass is 19.4. The fourth-order valence-corrected chi connectivity index (χ4v) is 3.48. The number of nitrogens with zero attached hydrogens (tertiary/aromatic N) is 3. The lowest BCUT2D eigenvalue weighted by Crippen LogP contribution is -2.50. The Balaban J connectivity index is 1.50. The Hall–Kier alpha value is -3.67. The van der Waals surface area contributed by atoms with Crippen LogP contribution in [0.25, 0.3) is 0 Å². The number of nitrogens with one attached hydrogen (secondary N) is 1. The summed E-state index contributed by atoms with van der Waals surface area (Å²) in [6.45, 7) is 3.11. The van der Waals surface area contributed by atoms with Crippen LogP contribution in [0.3, 0.4) is 0 Å². The van der Waals surface area contributed by atoms with Crippen LogP contribution in [-0.2, 0) is 4.79 Å². The van der Waals surface area contributed by atoms with Crippen molar-refractivity contribution < 1.29 is 32.4 Å². The quantitative estimate of drug-likeness (QED) is 0.518. The van der Waals surface area contributed by atoms with Crippen molar-refractivity contribution in [3.63, 3.8) is 0 Å². The molecular weight excluding hydrogens is 445 g/mol. The summed E-state index contributed by atoms with van der Waals surface area (Å²) in [6.07, 6.45) is -4.79. The zero-order chi connectivity index (χ0) is 24.2. The number of hydrogen-bond donors (Lipinski definition) is 1. The Morgan fingerprint density at radius 2 is 1.73 bits per heavy atom. The molecule has 1 heterocycles. The SMILES string of the molecule is Cc1c(C(=O)N2CCN(CC(=O)Nc3ccc(OC(F)(F)F)cc3)CC2)cccc1[N+](=O)[O-]. The Labute approximate surface area is 186 Å². The van der Waals surface area contributed by atoms with Crippen LogP contribution >= 0.6 is 0 Å². The van der Waals surface area contributed by atoms with Gasteiger partial charge >= 0.3 is 6.36 Å². The molecule has 1 N–H and O–H groups in total. The standard InChI is InChI=1S/C21H21F3N4O5/c1-14-17(3-2-4-18(14)28(31)32)20(30)27-11-9-26(10-12-27)13-19(29)25-15-5-7-16(8-6-15)33-21(22,23)24/h2-8H,9-13H2,1H3,(H,25,29). The van der Waals surface area contributed by atoms with Crippen molar-refractivity contribution in [2.24, 2.45) is 0 Å². The van der Waals surface area contributed by atoms with E-state index in [-0.39, 0.29) is 35.4 Å². The number of halogens is 3. The second kappa shape index (κ2) is 9.86. The van der Waals surface area contributed by atoms with E-state index in [2.05, 4.69) is 10.1 Å². The number of carbonyl (C=O) groups excluding carboxylic acids is 2. The molecule has 0 spiro atoms. The van der Waals surface area contributed by atoms with Crippen LogP contribution in [0.15, 0.2) is 42.5 Å². The van der Waals surface area contributed by atoms with E-state index in [1.165, 1.54) is 31.2 Å². The highest BCUT2D eigenvalue weighted by Gasteiger charge is 2.31. The first kappa shape index (κ1) is 24.0. The number of ether oxygens (including phenoxy) is 1. The number of anilines is 1. The minimum absolute atomic E-state index is 0.0403. The number of nitro groups is 1. The molecule has 2 amide bonds. The Morgan fingerprint density at radius 3 is 2.30 bits per heavy atom. The first-order valence-corrected chi connectivity index (χ1v) is 9.95. The van der Waals surface area contributed by atoms with Gasteiger partial charge in [-0.15, -0.1) is 13.2 Å². The molecule has 0 saturated carbocycles. The molecule has 0 unspecified atom stereocenters. The molecule has 0 aliphatic carbocycles. The van der Waals surface area contributed by atoms with Crippen LogP contribution in [0.2, 0.25) is 0 Å². The smallest absolute Gasteiger partial charge is 0.406 e. The highest BCUT2D eigenvalue weighted by molar-refractivity contribution is 5.96. The number of benzene rings is 2. The van der Waals surface area contributed by atoms with Gasteiger partial charge in [-0.3, -0.25) is 24.6 Å². The van der Waals surface area contributed by atoms with E-state index in [1.54, 1.807) is 11.0 Å². The third-order valence-corrected chi connectivity index (χ3v) is 5.13. The van der Waals surface area contributed by atoms with Crippen LogP contribution < -0.4 is 10.1 Å². The van der Waals surface area contributed by atoms with Crippen molar-refractivity contribution in [3.05, 3.63) is 63.7 Å². The number of amides is 2. The number of carbonyl (C=O) groups is 2. The summed E-state index contributed by atoms with van der Waals surface area (Å²) < 4.78 is 40.4. The van der Waals surface area contributed by atoms with Gasteiger partial charge in [-0.05, 0) is 37.3 Å². The predicted molar refractivity (Wildman–Crippen MR) is 112 cm³/mol. The third-order valence-electron chi connectivity index (χ3n) is 5.13. The first-order chi connectivity index (χ1) is 15.5. The lowest BCUT2D eigenvalue weighted by Gasteiger charge is -2.34. The van der Waals surface area contributed by atoms with Gasteiger partial charge in [-0.25, -0.2) is 0 Å². The van der Waals surface area contributed by atoms with Gasteiger partial charge in [0.15, 0.2) is 0 Å². The van der Waals surface area contributed by atoms with Crippen molar-refractivity contribution in [1.29, 1.82) is 0 Å². The van der Waals surface area contributed by atoms with Crippen molar-refractivity contribution >= 4 is 23.2 Å². The lowest BCUT2D eigenvalue weighted by molar-refractivity contribution is -0.385. The van der Waals surface area contributed by atoms with Gasteiger partial charge in [-0.1, -0.05) is 6.07 Å². The van der Waals surface area contributed by atoms with Gasteiger partial charge in [0.25, 0.3) is 11.6 Å². The van der Waals surface area contributed by atoms with Crippen LogP contribution in [-0.4, -0.2) is 65.6 Å². The topological polar surface area (TPSA) is 105 Å². The van der Waals surface area contributed by atoms with Crippen molar-refractivity contribution in [3.8, 4) is 5.75 Å². The number of nitro benzene ring substituents is 1. The largest absolute Gasteiger partial charge is 0.573 e. The van der Waals surface area contributed by atoms with Crippen molar-refractivity contribution in [2.45, 2.75) is 13.3 Å². The average molecular weight is 466 g/mol. The van der Waals surface area contributed by atoms with Crippen LogP contribution in [0.4, 0.5) is 24.5 Å². The lowest BCUT2D eigenvalue weighted by atomic mass is 10.1. The van der Waals surface area contributed by atoms with E-state index in [4.69, 9.17) is 0 Å². The predicted octanol–water partition coefficient (Wildman–Crippen LogP) is 3.20. The third kappa shape index (κ3) is 6.42. The molecule has 176 valence electrons. The summed E-state index contributed by atoms with van der Waals surface area (Å²) in [5.41, 5.74) is 0.785.